The Balaban J connectivity index is 3.21. The molecule has 0 N–H and O–H groups in total. The van der Waals surface area contributed by atoms with Crippen molar-refractivity contribution in [1.82, 2.24) is 0 Å². The summed E-state index contributed by atoms with van der Waals surface area (Å²) >= 11 is 5.92. The Labute approximate surface area is 71.9 Å². The van der Waals surface area contributed by atoms with Gasteiger partial charge in [0.2, 0.25) is 0 Å². The van der Waals surface area contributed by atoms with E-state index >= 15 is 0 Å². The molecule has 1 rings (SSSR count). The van der Waals surface area contributed by atoms with Gasteiger partial charge in [-0.1, -0.05) is 11.6 Å². The van der Waals surface area contributed by atoms with Crippen molar-refractivity contribution >= 4 is 11.6 Å². The van der Waals surface area contributed by atoms with E-state index in [-0.39, 0.29) is 0 Å². The number of rotatable bonds is 1. The first-order chi connectivity index (χ1) is 5.15. The molecular formula is C9H11ClO. The Bertz CT molecular complexity index is 245. The predicted octanol–water partition coefficient (Wildman–Crippen LogP) is 2.97. The summed E-state index contributed by atoms with van der Waals surface area (Å²) in [6.45, 7) is 4.01. The van der Waals surface area contributed by atoms with Crippen molar-refractivity contribution in [3.63, 3.8) is 0 Å². The lowest BCUT2D eigenvalue weighted by Gasteiger charge is -2.05. The second-order valence-corrected chi connectivity index (χ2v) is 2.96. The molecule has 1 aromatic rings. The van der Waals surface area contributed by atoms with Crippen LogP contribution in [0, 0.1) is 13.8 Å². The first-order valence-corrected chi connectivity index (χ1v) is 3.83. The highest BCUT2D eigenvalue weighted by Crippen LogP contribution is 2.24. The normalized spacial score (nSPS) is 9.82. The number of halogens is 1. The fourth-order valence-electron chi connectivity index (χ4n) is 0.903. The average Bonchev–Trinajstić information content (AvgIpc) is 1.99. The standard InChI is InChI=1S/C9H11ClO/c1-6-4-8(11-3)5-9(10)7(6)2/h4-5H,1-3H3. The fraction of sp³-hybridized carbons (Fsp3) is 0.333. The van der Waals surface area contributed by atoms with Gasteiger partial charge >= 0.3 is 0 Å². The molecule has 0 radical (unpaired) electrons. The van der Waals surface area contributed by atoms with Crippen LogP contribution in [-0.2, 0) is 0 Å². The molecule has 1 nitrogen and oxygen atoms in total. The monoisotopic (exact) mass is 170 g/mol. The summed E-state index contributed by atoms with van der Waals surface area (Å²) in [5.41, 5.74) is 2.28. The summed E-state index contributed by atoms with van der Waals surface area (Å²) in [5.74, 6) is 0.818. The highest BCUT2D eigenvalue weighted by atomic mass is 35.5. The number of hydrogen-bond acceptors (Lipinski definition) is 1. The van der Waals surface area contributed by atoms with Gasteiger partial charge in [0.15, 0.2) is 0 Å². The van der Waals surface area contributed by atoms with Crippen LogP contribution in [0.1, 0.15) is 11.1 Å². The molecule has 0 unspecified atom stereocenters. The quantitative estimate of drug-likeness (QED) is 0.630. The zero-order chi connectivity index (χ0) is 8.43. The summed E-state index contributed by atoms with van der Waals surface area (Å²) in [4.78, 5) is 0. The van der Waals surface area contributed by atoms with E-state index in [0.29, 0.717) is 0 Å². The number of methoxy groups -OCH3 is 1. The molecule has 0 saturated heterocycles. The second kappa shape index (κ2) is 3.14. The van der Waals surface area contributed by atoms with E-state index in [9.17, 15) is 0 Å². The maximum Gasteiger partial charge on any atom is 0.120 e. The Kier molecular flexibility index (Phi) is 2.40. The topological polar surface area (TPSA) is 9.23 Å². The predicted molar refractivity (Wildman–Crippen MR) is 47.5 cm³/mol. The zero-order valence-electron chi connectivity index (χ0n) is 6.94. The summed E-state index contributed by atoms with van der Waals surface area (Å²) in [5, 5.41) is 0.766. The van der Waals surface area contributed by atoms with E-state index in [1.807, 2.05) is 26.0 Å². The molecular weight excluding hydrogens is 160 g/mol. The average molecular weight is 171 g/mol. The molecule has 11 heavy (non-hydrogen) atoms. The van der Waals surface area contributed by atoms with Crippen molar-refractivity contribution in [3.05, 3.63) is 28.3 Å². The van der Waals surface area contributed by atoms with Gasteiger partial charge in [-0.15, -0.1) is 0 Å². The molecule has 0 aliphatic rings. The molecule has 0 heterocycles. The molecule has 1 aromatic carbocycles. The van der Waals surface area contributed by atoms with E-state index < -0.39 is 0 Å². The molecule has 0 aromatic heterocycles. The SMILES string of the molecule is COc1cc(C)c(C)c(Cl)c1. The van der Waals surface area contributed by atoms with Crippen molar-refractivity contribution < 1.29 is 4.74 Å². The molecule has 0 saturated carbocycles. The van der Waals surface area contributed by atoms with E-state index in [1.165, 1.54) is 0 Å². The van der Waals surface area contributed by atoms with Crippen molar-refractivity contribution in [1.29, 1.82) is 0 Å². The minimum atomic E-state index is 0.766. The molecule has 0 spiro atoms. The van der Waals surface area contributed by atoms with Crippen molar-refractivity contribution in [3.8, 4) is 5.75 Å². The maximum atomic E-state index is 5.92. The van der Waals surface area contributed by atoms with Crippen LogP contribution in [0.3, 0.4) is 0 Å². The van der Waals surface area contributed by atoms with Crippen LogP contribution in [0.2, 0.25) is 5.02 Å². The Morgan fingerprint density at radius 1 is 1.27 bits per heavy atom. The van der Waals surface area contributed by atoms with Crippen LogP contribution in [0.25, 0.3) is 0 Å². The van der Waals surface area contributed by atoms with E-state index in [0.717, 1.165) is 21.9 Å². The van der Waals surface area contributed by atoms with Crippen molar-refractivity contribution in [2.45, 2.75) is 13.8 Å². The summed E-state index contributed by atoms with van der Waals surface area (Å²) in [6, 6.07) is 3.80. The smallest absolute Gasteiger partial charge is 0.120 e. The Hall–Kier alpha value is -0.690. The highest BCUT2D eigenvalue weighted by Gasteiger charge is 2.01. The highest BCUT2D eigenvalue weighted by molar-refractivity contribution is 6.31. The van der Waals surface area contributed by atoms with Gasteiger partial charge in [0.05, 0.1) is 7.11 Å². The van der Waals surface area contributed by atoms with Gasteiger partial charge in [-0.2, -0.15) is 0 Å². The van der Waals surface area contributed by atoms with Gasteiger partial charge in [0.1, 0.15) is 5.75 Å². The van der Waals surface area contributed by atoms with Crippen molar-refractivity contribution in [2.75, 3.05) is 7.11 Å². The van der Waals surface area contributed by atoms with E-state index in [2.05, 4.69) is 0 Å². The van der Waals surface area contributed by atoms with Crippen LogP contribution in [0.5, 0.6) is 5.75 Å². The first-order valence-electron chi connectivity index (χ1n) is 3.46. The second-order valence-electron chi connectivity index (χ2n) is 2.55. The van der Waals surface area contributed by atoms with E-state index in [4.69, 9.17) is 16.3 Å². The number of ether oxygens (including phenoxy) is 1. The molecule has 0 aliphatic heterocycles. The lowest BCUT2D eigenvalue weighted by Crippen LogP contribution is -1.87. The number of hydrogen-bond donors (Lipinski definition) is 0. The van der Waals surface area contributed by atoms with Crippen LogP contribution < -0.4 is 4.74 Å². The summed E-state index contributed by atoms with van der Waals surface area (Å²) in [7, 11) is 1.64. The molecule has 0 amide bonds. The van der Waals surface area contributed by atoms with Gasteiger partial charge in [-0.3, -0.25) is 0 Å². The molecule has 0 bridgehead atoms. The number of benzene rings is 1. The van der Waals surface area contributed by atoms with Gasteiger partial charge < -0.3 is 4.74 Å². The molecule has 2 heteroatoms. The van der Waals surface area contributed by atoms with Gasteiger partial charge in [-0.05, 0) is 37.1 Å². The third kappa shape index (κ3) is 1.66. The van der Waals surface area contributed by atoms with Gasteiger partial charge in [0.25, 0.3) is 0 Å². The van der Waals surface area contributed by atoms with Gasteiger partial charge in [-0.25, -0.2) is 0 Å². The zero-order valence-corrected chi connectivity index (χ0v) is 7.70. The molecule has 0 atom stereocenters. The summed E-state index contributed by atoms with van der Waals surface area (Å²) in [6.07, 6.45) is 0. The first kappa shape index (κ1) is 8.41. The summed E-state index contributed by atoms with van der Waals surface area (Å²) < 4.78 is 5.05. The lowest BCUT2D eigenvalue weighted by molar-refractivity contribution is 0.414. The Morgan fingerprint density at radius 3 is 2.36 bits per heavy atom. The molecule has 60 valence electrons. The fourth-order valence-corrected chi connectivity index (χ4v) is 1.16. The maximum absolute atomic E-state index is 5.92. The minimum Gasteiger partial charge on any atom is -0.497 e. The molecule has 0 fully saturated rings. The largest absolute Gasteiger partial charge is 0.497 e. The van der Waals surface area contributed by atoms with Crippen molar-refractivity contribution in [2.24, 2.45) is 0 Å². The van der Waals surface area contributed by atoms with Crippen LogP contribution in [0.15, 0.2) is 12.1 Å². The lowest BCUT2D eigenvalue weighted by atomic mass is 10.1. The van der Waals surface area contributed by atoms with E-state index in [1.54, 1.807) is 7.11 Å². The van der Waals surface area contributed by atoms with Gasteiger partial charge in [0, 0.05) is 5.02 Å². The minimum absolute atomic E-state index is 0.766. The third-order valence-electron chi connectivity index (χ3n) is 1.81. The number of aryl methyl sites for hydroxylation is 1. The van der Waals surface area contributed by atoms with Crippen LogP contribution in [0.4, 0.5) is 0 Å². The molecule has 0 aliphatic carbocycles. The Morgan fingerprint density at radius 2 is 1.91 bits per heavy atom. The van der Waals surface area contributed by atoms with Crippen LogP contribution in [-0.4, -0.2) is 7.11 Å². The van der Waals surface area contributed by atoms with Crippen LogP contribution >= 0.6 is 11.6 Å². The third-order valence-corrected chi connectivity index (χ3v) is 2.21.